The Labute approximate surface area is 96.3 Å². The molecule has 1 aromatic rings. The minimum absolute atomic E-state index is 0.225. The molecule has 1 fully saturated rings. The van der Waals surface area contributed by atoms with Crippen molar-refractivity contribution in [2.24, 2.45) is 0 Å². The molecule has 0 aromatic heterocycles. The Bertz CT molecular complexity index is 344. The van der Waals surface area contributed by atoms with Crippen LogP contribution in [0.25, 0.3) is 0 Å². The van der Waals surface area contributed by atoms with Crippen molar-refractivity contribution in [1.82, 2.24) is 4.90 Å². The van der Waals surface area contributed by atoms with Gasteiger partial charge in [0, 0.05) is 12.1 Å². The minimum atomic E-state index is 0.225. The van der Waals surface area contributed by atoms with Gasteiger partial charge < -0.3 is 10.2 Å². The second-order valence-electron chi connectivity index (χ2n) is 4.50. The fraction of sp³-hybridized carbons (Fsp3) is 0.538. The van der Waals surface area contributed by atoms with Gasteiger partial charge in [0.1, 0.15) is 11.5 Å². The first-order valence-electron chi connectivity index (χ1n) is 5.99. The lowest BCUT2D eigenvalue weighted by Crippen LogP contribution is -2.23. The van der Waals surface area contributed by atoms with Crippen LogP contribution in [0, 0.1) is 0 Å². The Morgan fingerprint density at radius 1 is 1.00 bits per heavy atom. The predicted octanol–water partition coefficient (Wildman–Crippen LogP) is 2.47. The van der Waals surface area contributed by atoms with Crippen LogP contribution in [0.5, 0.6) is 11.5 Å². The van der Waals surface area contributed by atoms with E-state index in [9.17, 15) is 10.2 Å². The second kappa shape index (κ2) is 5.21. The average Bonchev–Trinajstić information content (AvgIpc) is 2.52. The van der Waals surface area contributed by atoms with Crippen molar-refractivity contribution in [2.45, 2.75) is 32.2 Å². The van der Waals surface area contributed by atoms with Gasteiger partial charge in [0.05, 0.1) is 0 Å². The van der Waals surface area contributed by atoms with Crippen LogP contribution in [-0.2, 0) is 6.54 Å². The van der Waals surface area contributed by atoms with Crippen molar-refractivity contribution in [3.8, 4) is 11.5 Å². The Balaban J connectivity index is 2.04. The van der Waals surface area contributed by atoms with Crippen LogP contribution >= 0.6 is 0 Å². The number of phenolic OH excluding ortho intramolecular Hbond substituents is 2. The van der Waals surface area contributed by atoms with Crippen LogP contribution in [-0.4, -0.2) is 28.2 Å². The van der Waals surface area contributed by atoms with E-state index in [1.165, 1.54) is 31.7 Å². The number of phenols is 2. The summed E-state index contributed by atoms with van der Waals surface area (Å²) < 4.78 is 0. The Morgan fingerprint density at radius 2 is 1.69 bits per heavy atom. The van der Waals surface area contributed by atoms with E-state index < -0.39 is 0 Å². The lowest BCUT2D eigenvalue weighted by Gasteiger charge is -2.20. The molecule has 0 atom stereocenters. The molecule has 0 amide bonds. The van der Waals surface area contributed by atoms with Gasteiger partial charge in [-0.05, 0) is 44.1 Å². The zero-order valence-corrected chi connectivity index (χ0v) is 9.52. The summed E-state index contributed by atoms with van der Waals surface area (Å²) in [6.45, 7) is 2.92. The van der Waals surface area contributed by atoms with Crippen LogP contribution in [0.4, 0.5) is 0 Å². The first-order chi connectivity index (χ1) is 7.75. The SMILES string of the molecule is Oc1ccc(O)c(CN2CCCCCC2)c1. The van der Waals surface area contributed by atoms with Crippen LogP contribution in [0.3, 0.4) is 0 Å². The third kappa shape index (κ3) is 2.89. The summed E-state index contributed by atoms with van der Waals surface area (Å²) >= 11 is 0. The van der Waals surface area contributed by atoms with Crippen molar-refractivity contribution in [1.29, 1.82) is 0 Å². The highest BCUT2D eigenvalue weighted by molar-refractivity contribution is 5.38. The van der Waals surface area contributed by atoms with Crippen molar-refractivity contribution in [3.05, 3.63) is 23.8 Å². The highest BCUT2D eigenvalue weighted by Gasteiger charge is 2.11. The number of nitrogens with zero attached hydrogens (tertiary/aromatic N) is 1. The van der Waals surface area contributed by atoms with E-state index in [1.54, 1.807) is 12.1 Å². The third-order valence-corrected chi connectivity index (χ3v) is 3.16. The summed E-state index contributed by atoms with van der Waals surface area (Å²) in [5, 5.41) is 19.1. The molecule has 0 saturated carbocycles. The summed E-state index contributed by atoms with van der Waals surface area (Å²) in [4.78, 5) is 2.35. The third-order valence-electron chi connectivity index (χ3n) is 3.16. The van der Waals surface area contributed by atoms with Crippen molar-refractivity contribution in [3.63, 3.8) is 0 Å². The molecule has 0 radical (unpaired) electrons. The fourth-order valence-corrected chi connectivity index (χ4v) is 2.23. The zero-order valence-electron chi connectivity index (χ0n) is 9.52. The van der Waals surface area contributed by atoms with Gasteiger partial charge in [-0.1, -0.05) is 12.8 Å². The van der Waals surface area contributed by atoms with Gasteiger partial charge in [-0.25, -0.2) is 0 Å². The minimum Gasteiger partial charge on any atom is -0.508 e. The second-order valence-corrected chi connectivity index (χ2v) is 4.50. The molecule has 0 unspecified atom stereocenters. The van der Waals surface area contributed by atoms with Crippen LogP contribution in [0.1, 0.15) is 31.2 Å². The molecule has 1 aromatic carbocycles. The molecular formula is C13H19NO2. The number of benzene rings is 1. The first-order valence-corrected chi connectivity index (χ1v) is 5.99. The van der Waals surface area contributed by atoms with Crippen molar-refractivity contribution >= 4 is 0 Å². The predicted molar refractivity (Wildman–Crippen MR) is 63.5 cm³/mol. The molecule has 16 heavy (non-hydrogen) atoms. The number of hydrogen-bond donors (Lipinski definition) is 2. The van der Waals surface area contributed by atoms with E-state index in [0.29, 0.717) is 0 Å². The van der Waals surface area contributed by atoms with Crippen molar-refractivity contribution in [2.75, 3.05) is 13.1 Å². The molecule has 1 aliphatic rings. The number of hydrogen-bond acceptors (Lipinski definition) is 3. The Morgan fingerprint density at radius 3 is 2.38 bits per heavy atom. The van der Waals surface area contributed by atoms with E-state index in [4.69, 9.17) is 0 Å². The quantitative estimate of drug-likeness (QED) is 0.754. The number of aromatic hydroxyl groups is 2. The zero-order chi connectivity index (χ0) is 11.4. The maximum atomic E-state index is 9.70. The average molecular weight is 221 g/mol. The molecule has 0 spiro atoms. The number of likely N-dealkylation sites (tertiary alicyclic amines) is 1. The van der Waals surface area contributed by atoms with E-state index in [2.05, 4.69) is 4.90 Å². The lowest BCUT2D eigenvalue weighted by atomic mass is 10.1. The summed E-state index contributed by atoms with van der Waals surface area (Å²) in [7, 11) is 0. The van der Waals surface area contributed by atoms with Crippen LogP contribution < -0.4 is 0 Å². The standard InChI is InChI=1S/C13H19NO2/c15-12-5-6-13(16)11(9-12)10-14-7-3-1-2-4-8-14/h5-6,9,15-16H,1-4,7-8,10H2. The monoisotopic (exact) mass is 221 g/mol. The first kappa shape index (κ1) is 11.3. The van der Waals surface area contributed by atoms with E-state index in [1.807, 2.05) is 0 Å². The normalized spacial score (nSPS) is 18.2. The summed E-state index contributed by atoms with van der Waals surface area (Å²) in [5.74, 6) is 0.504. The van der Waals surface area contributed by atoms with Gasteiger partial charge in [-0.15, -0.1) is 0 Å². The number of rotatable bonds is 2. The largest absolute Gasteiger partial charge is 0.508 e. The maximum absolute atomic E-state index is 9.70. The Hall–Kier alpha value is -1.22. The molecule has 2 N–H and O–H groups in total. The highest BCUT2D eigenvalue weighted by atomic mass is 16.3. The highest BCUT2D eigenvalue weighted by Crippen LogP contribution is 2.24. The fourth-order valence-electron chi connectivity index (χ4n) is 2.23. The van der Waals surface area contributed by atoms with E-state index >= 15 is 0 Å². The van der Waals surface area contributed by atoms with E-state index in [-0.39, 0.29) is 11.5 Å². The van der Waals surface area contributed by atoms with Crippen molar-refractivity contribution < 1.29 is 10.2 Å². The molecule has 1 saturated heterocycles. The maximum Gasteiger partial charge on any atom is 0.120 e. The molecule has 2 rings (SSSR count). The van der Waals surface area contributed by atoms with Gasteiger partial charge in [-0.3, -0.25) is 4.90 Å². The van der Waals surface area contributed by atoms with Gasteiger partial charge in [0.25, 0.3) is 0 Å². The van der Waals surface area contributed by atoms with Crippen LogP contribution in [0.2, 0.25) is 0 Å². The summed E-state index contributed by atoms with van der Waals surface area (Å²) in [6.07, 6.45) is 5.09. The van der Waals surface area contributed by atoms with Crippen LogP contribution in [0.15, 0.2) is 18.2 Å². The van der Waals surface area contributed by atoms with Gasteiger partial charge in [0.2, 0.25) is 0 Å². The molecule has 0 bridgehead atoms. The van der Waals surface area contributed by atoms with Gasteiger partial charge in [-0.2, -0.15) is 0 Å². The lowest BCUT2D eigenvalue weighted by molar-refractivity contribution is 0.272. The topological polar surface area (TPSA) is 43.7 Å². The van der Waals surface area contributed by atoms with Gasteiger partial charge in [0.15, 0.2) is 0 Å². The summed E-state index contributed by atoms with van der Waals surface area (Å²) in [6, 6.07) is 4.73. The molecule has 0 aliphatic carbocycles. The van der Waals surface area contributed by atoms with Gasteiger partial charge >= 0.3 is 0 Å². The molecule has 3 nitrogen and oxygen atoms in total. The Kier molecular flexibility index (Phi) is 3.67. The molecular weight excluding hydrogens is 202 g/mol. The van der Waals surface area contributed by atoms with E-state index in [0.717, 1.165) is 25.2 Å². The summed E-state index contributed by atoms with van der Waals surface area (Å²) in [5.41, 5.74) is 0.821. The molecule has 1 aliphatic heterocycles. The molecule has 1 heterocycles. The molecule has 3 heteroatoms. The smallest absolute Gasteiger partial charge is 0.120 e. The molecule has 88 valence electrons.